The monoisotopic (exact) mass is 441 g/mol. The molecule has 0 saturated carbocycles. The Kier molecular flexibility index (Phi) is 6.40. The summed E-state index contributed by atoms with van der Waals surface area (Å²) >= 11 is 0. The number of piperidine rings is 1. The highest BCUT2D eigenvalue weighted by atomic mass is 16.2. The number of rotatable bonds is 5. The average molecular weight is 442 g/mol. The van der Waals surface area contributed by atoms with E-state index in [1.807, 2.05) is 29.7 Å². The van der Waals surface area contributed by atoms with E-state index in [1.54, 1.807) is 0 Å². The lowest BCUT2D eigenvalue weighted by Crippen LogP contribution is -2.42. The normalized spacial score (nSPS) is 23.8. The average Bonchev–Trinajstić information content (AvgIpc) is 3.39. The summed E-state index contributed by atoms with van der Waals surface area (Å²) in [6.07, 6.45) is 4.16. The van der Waals surface area contributed by atoms with Crippen molar-refractivity contribution in [2.45, 2.75) is 72.3 Å². The largest absolute Gasteiger partial charge is 0.342 e. The van der Waals surface area contributed by atoms with Gasteiger partial charge in [-0.2, -0.15) is 0 Å². The topological polar surface area (TPSA) is 90.8 Å². The standard InChI is InChI=1S/C24H35N5O3/c1-5-22(30)28-10-6-7-20(28)19-12-21-25-17(4)18(24(32)29(21)26-19)8-9-23(31)27-13-15(2)11-16(3)14-27/h12,15-16,20,26H,5-11,13-14H2,1-4H3. The summed E-state index contributed by atoms with van der Waals surface area (Å²) in [6.45, 7) is 10.4. The fourth-order valence-electron chi connectivity index (χ4n) is 5.50. The number of H-pyrrole nitrogens is 1. The van der Waals surface area contributed by atoms with Crippen LogP contribution in [-0.4, -0.2) is 55.8 Å². The molecule has 8 heteroatoms. The highest BCUT2D eigenvalue weighted by Gasteiger charge is 2.31. The van der Waals surface area contributed by atoms with E-state index in [1.165, 1.54) is 4.52 Å². The lowest BCUT2D eigenvalue weighted by Gasteiger charge is -2.35. The van der Waals surface area contributed by atoms with Crippen molar-refractivity contribution < 1.29 is 9.59 Å². The summed E-state index contributed by atoms with van der Waals surface area (Å²) in [7, 11) is 0. The molecule has 32 heavy (non-hydrogen) atoms. The molecule has 1 N–H and O–H groups in total. The molecule has 2 aromatic rings. The Labute approximate surface area is 189 Å². The van der Waals surface area contributed by atoms with E-state index in [9.17, 15) is 14.4 Å². The minimum atomic E-state index is -0.154. The van der Waals surface area contributed by atoms with E-state index < -0.39 is 0 Å². The minimum absolute atomic E-state index is 0.0445. The van der Waals surface area contributed by atoms with E-state index in [4.69, 9.17) is 0 Å². The Morgan fingerprint density at radius 2 is 1.91 bits per heavy atom. The van der Waals surface area contributed by atoms with E-state index in [2.05, 4.69) is 23.9 Å². The number of nitrogens with zero attached hydrogens (tertiary/aromatic N) is 4. The first kappa shape index (κ1) is 22.6. The second-order valence-electron chi connectivity index (χ2n) is 9.73. The van der Waals surface area contributed by atoms with E-state index in [-0.39, 0.29) is 23.4 Å². The highest BCUT2D eigenvalue weighted by Crippen LogP contribution is 2.32. The van der Waals surface area contributed by atoms with Crippen molar-refractivity contribution in [3.63, 3.8) is 0 Å². The number of carbonyl (C=O) groups is 2. The van der Waals surface area contributed by atoms with Gasteiger partial charge in [0.05, 0.1) is 11.7 Å². The number of amides is 2. The Morgan fingerprint density at radius 1 is 1.19 bits per heavy atom. The molecule has 2 aliphatic heterocycles. The van der Waals surface area contributed by atoms with Crippen molar-refractivity contribution in [2.75, 3.05) is 19.6 Å². The van der Waals surface area contributed by atoms with Crippen LogP contribution in [0.25, 0.3) is 5.65 Å². The number of likely N-dealkylation sites (tertiary alicyclic amines) is 2. The Morgan fingerprint density at radius 3 is 2.59 bits per heavy atom. The third-order valence-corrected chi connectivity index (χ3v) is 6.98. The van der Waals surface area contributed by atoms with Crippen LogP contribution in [0.4, 0.5) is 0 Å². The van der Waals surface area contributed by atoms with Crippen LogP contribution in [-0.2, 0) is 16.0 Å². The van der Waals surface area contributed by atoms with Gasteiger partial charge in [0, 0.05) is 49.8 Å². The minimum Gasteiger partial charge on any atom is -0.342 e. The molecule has 2 fully saturated rings. The molecule has 2 saturated heterocycles. The van der Waals surface area contributed by atoms with Gasteiger partial charge in [0.1, 0.15) is 0 Å². The van der Waals surface area contributed by atoms with Crippen molar-refractivity contribution in [3.8, 4) is 0 Å². The number of aromatic nitrogens is 3. The maximum Gasteiger partial charge on any atom is 0.276 e. The number of hydrogen-bond donors (Lipinski definition) is 1. The SMILES string of the molecule is CCC(=O)N1CCCC1c1cc2nc(C)c(CCC(=O)N3CC(C)CC(C)C3)c(=O)n2[nH]1. The second-order valence-corrected chi connectivity index (χ2v) is 9.73. The van der Waals surface area contributed by atoms with E-state index in [0.717, 1.165) is 44.6 Å². The van der Waals surface area contributed by atoms with Gasteiger partial charge < -0.3 is 9.80 Å². The van der Waals surface area contributed by atoms with Crippen LogP contribution < -0.4 is 5.56 Å². The zero-order valence-electron chi connectivity index (χ0n) is 19.7. The van der Waals surface area contributed by atoms with Crippen molar-refractivity contribution in [3.05, 3.63) is 33.4 Å². The molecule has 2 aromatic heterocycles. The van der Waals surface area contributed by atoms with Gasteiger partial charge in [0.25, 0.3) is 5.56 Å². The van der Waals surface area contributed by atoms with Gasteiger partial charge in [-0.15, -0.1) is 0 Å². The number of aromatic amines is 1. The van der Waals surface area contributed by atoms with Crippen LogP contribution in [0, 0.1) is 18.8 Å². The number of carbonyl (C=O) groups excluding carboxylic acids is 2. The van der Waals surface area contributed by atoms with E-state index in [0.29, 0.717) is 48.0 Å². The van der Waals surface area contributed by atoms with Crippen molar-refractivity contribution >= 4 is 17.5 Å². The van der Waals surface area contributed by atoms with Crippen LogP contribution in [0.1, 0.15) is 75.9 Å². The first-order valence-electron chi connectivity index (χ1n) is 12.0. The summed E-state index contributed by atoms with van der Waals surface area (Å²) in [6, 6.07) is 1.84. The van der Waals surface area contributed by atoms with Crippen molar-refractivity contribution in [2.24, 2.45) is 11.8 Å². The number of aryl methyl sites for hydroxylation is 1. The van der Waals surface area contributed by atoms with Gasteiger partial charge in [0.15, 0.2) is 5.65 Å². The third kappa shape index (κ3) is 4.32. The molecule has 4 rings (SSSR count). The van der Waals surface area contributed by atoms with Crippen LogP contribution in [0.2, 0.25) is 0 Å². The van der Waals surface area contributed by atoms with Gasteiger partial charge in [-0.05, 0) is 44.4 Å². The van der Waals surface area contributed by atoms with Crippen LogP contribution >= 0.6 is 0 Å². The highest BCUT2D eigenvalue weighted by molar-refractivity contribution is 5.77. The summed E-state index contributed by atoms with van der Waals surface area (Å²) in [5, 5.41) is 3.20. The fourth-order valence-corrected chi connectivity index (χ4v) is 5.50. The predicted molar refractivity (Wildman–Crippen MR) is 122 cm³/mol. The lowest BCUT2D eigenvalue weighted by atomic mass is 9.91. The molecule has 0 aromatic carbocycles. The predicted octanol–water partition coefficient (Wildman–Crippen LogP) is 2.84. The second kappa shape index (κ2) is 9.08. The molecule has 0 radical (unpaired) electrons. The number of hydrogen-bond acceptors (Lipinski definition) is 4. The van der Waals surface area contributed by atoms with Gasteiger partial charge in [0.2, 0.25) is 11.8 Å². The number of fused-ring (bicyclic) bond motifs is 1. The van der Waals surface area contributed by atoms with Gasteiger partial charge in [-0.1, -0.05) is 20.8 Å². The van der Waals surface area contributed by atoms with Gasteiger partial charge >= 0.3 is 0 Å². The van der Waals surface area contributed by atoms with Crippen molar-refractivity contribution in [1.29, 1.82) is 0 Å². The fraction of sp³-hybridized carbons (Fsp3) is 0.667. The van der Waals surface area contributed by atoms with Crippen molar-refractivity contribution in [1.82, 2.24) is 24.4 Å². The zero-order valence-corrected chi connectivity index (χ0v) is 19.7. The molecule has 0 aliphatic carbocycles. The summed E-state index contributed by atoms with van der Waals surface area (Å²) in [4.78, 5) is 46.8. The summed E-state index contributed by atoms with van der Waals surface area (Å²) in [5.41, 5.74) is 2.50. The quantitative estimate of drug-likeness (QED) is 0.772. The molecule has 4 heterocycles. The zero-order chi connectivity index (χ0) is 23.0. The molecule has 8 nitrogen and oxygen atoms in total. The Bertz CT molecular complexity index is 1060. The first-order valence-corrected chi connectivity index (χ1v) is 12.0. The van der Waals surface area contributed by atoms with Crippen LogP contribution in [0.3, 0.4) is 0 Å². The summed E-state index contributed by atoms with van der Waals surface area (Å²) in [5.74, 6) is 1.27. The first-order chi connectivity index (χ1) is 15.3. The molecule has 3 unspecified atom stereocenters. The van der Waals surface area contributed by atoms with Gasteiger partial charge in [-0.25, -0.2) is 9.50 Å². The van der Waals surface area contributed by atoms with E-state index >= 15 is 0 Å². The smallest absolute Gasteiger partial charge is 0.276 e. The molecular formula is C24H35N5O3. The molecule has 0 bridgehead atoms. The summed E-state index contributed by atoms with van der Waals surface area (Å²) < 4.78 is 1.47. The molecular weight excluding hydrogens is 406 g/mol. The molecule has 0 spiro atoms. The Hall–Kier alpha value is -2.64. The number of nitrogens with one attached hydrogen (secondary N) is 1. The van der Waals surface area contributed by atoms with Gasteiger partial charge in [-0.3, -0.25) is 19.5 Å². The molecule has 174 valence electrons. The molecule has 3 atom stereocenters. The maximum absolute atomic E-state index is 13.2. The maximum atomic E-state index is 13.2. The molecule has 2 aliphatic rings. The van der Waals surface area contributed by atoms with Crippen LogP contribution in [0.5, 0.6) is 0 Å². The lowest BCUT2D eigenvalue weighted by molar-refractivity contribution is -0.134. The molecule has 2 amide bonds. The van der Waals surface area contributed by atoms with Crippen LogP contribution in [0.15, 0.2) is 10.9 Å². The third-order valence-electron chi connectivity index (χ3n) is 6.98. The Balaban J connectivity index is 1.54.